The predicted molar refractivity (Wildman–Crippen MR) is 55.8 cm³/mol. The van der Waals surface area contributed by atoms with Crippen molar-refractivity contribution in [1.29, 1.82) is 0 Å². The van der Waals surface area contributed by atoms with Gasteiger partial charge in [0.25, 0.3) is 0 Å². The monoisotopic (exact) mass is 217 g/mol. The van der Waals surface area contributed by atoms with Gasteiger partial charge in [0.1, 0.15) is 0 Å². The molecule has 0 saturated carbocycles. The van der Waals surface area contributed by atoms with Gasteiger partial charge in [-0.3, -0.25) is 9.59 Å². The maximum Gasteiger partial charge on any atom is 0.307 e. The molecule has 0 fully saturated rings. The van der Waals surface area contributed by atoms with E-state index in [0.29, 0.717) is 6.54 Å². The third-order valence-electron chi connectivity index (χ3n) is 1.93. The first-order chi connectivity index (χ1) is 6.72. The van der Waals surface area contributed by atoms with Crippen LogP contribution in [0.25, 0.3) is 0 Å². The Kier molecular flexibility index (Phi) is 5.28. The molecule has 5 nitrogen and oxygen atoms in total. The summed E-state index contributed by atoms with van der Waals surface area (Å²) < 4.78 is 0. The lowest BCUT2D eigenvalue weighted by Crippen LogP contribution is -2.41. The number of hydrogen-bond acceptors (Lipinski definition) is 3. The van der Waals surface area contributed by atoms with Gasteiger partial charge in [-0.25, -0.2) is 0 Å². The van der Waals surface area contributed by atoms with Crippen LogP contribution in [-0.2, 0) is 9.59 Å². The van der Waals surface area contributed by atoms with Crippen molar-refractivity contribution in [1.82, 2.24) is 5.32 Å². The largest absolute Gasteiger partial charge is 0.481 e. The summed E-state index contributed by atoms with van der Waals surface area (Å²) in [6.07, 6.45) is 0.0521. The highest BCUT2D eigenvalue weighted by Crippen LogP contribution is 2.08. The summed E-state index contributed by atoms with van der Waals surface area (Å²) >= 11 is 0. The van der Waals surface area contributed by atoms with Gasteiger partial charge in [0, 0.05) is 18.5 Å². The summed E-state index contributed by atoms with van der Waals surface area (Å²) in [4.78, 5) is 21.1. The van der Waals surface area contributed by atoms with Gasteiger partial charge in [0.2, 0.25) is 0 Å². The molecular weight excluding hydrogens is 198 g/mol. The van der Waals surface area contributed by atoms with Gasteiger partial charge in [-0.1, -0.05) is 0 Å². The zero-order chi connectivity index (χ0) is 12.1. The summed E-state index contributed by atoms with van der Waals surface area (Å²) in [6, 6.07) is 0. The Hall–Kier alpha value is -1.10. The van der Waals surface area contributed by atoms with Gasteiger partial charge in [-0.2, -0.15) is 0 Å². The first-order valence-electron chi connectivity index (χ1n) is 4.92. The molecule has 1 unspecified atom stereocenters. The highest BCUT2D eigenvalue weighted by molar-refractivity contribution is 5.72. The van der Waals surface area contributed by atoms with Crippen LogP contribution in [0.1, 0.15) is 33.6 Å². The summed E-state index contributed by atoms with van der Waals surface area (Å²) in [5, 5.41) is 20.4. The van der Waals surface area contributed by atoms with Crippen molar-refractivity contribution in [2.45, 2.75) is 39.2 Å². The Morgan fingerprint density at radius 2 is 1.80 bits per heavy atom. The van der Waals surface area contributed by atoms with E-state index in [1.165, 1.54) is 0 Å². The molecule has 5 heteroatoms. The predicted octanol–water partition coefficient (Wildman–Crippen LogP) is 0.940. The highest BCUT2D eigenvalue weighted by Gasteiger charge is 2.20. The molecule has 0 amide bonds. The molecule has 3 N–H and O–H groups in total. The normalized spacial score (nSPS) is 13.5. The van der Waals surface area contributed by atoms with Crippen molar-refractivity contribution in [3.63, 3.8) is 0 Å². The highest BCUT2D eigenvalue weighted by atomic mass is 16.4. The molecule has 0 aliphatic carbocycles. The lowest BCUT2D eigenvalue weighted by atomic mass is 10.0. The van der Waals surface area contributed by atoms with E-state index in [4.69, 9.17) is 10.2 Å². The quantitative estimate of drug-likeness (QED) is 0.616. The minimum atomic E-state index is -0.961. The van der Waals surface area contributed by atoms with Gasteiger partial charge < -0.3 is 15.5 Å². The number of aliphatic carboxylic acids is 2. The van der Waals surface area contributed by atoms with Crippen LogP contribution in [0.5, 0.6) is 0 Å². The van der Waals surface area contributed by atoms with Gasteiger partial charge >= 0.3 is 11.9 Å². The summed E-state index contributed by atoms with van der Waals surface area (Å²) in [6.45, 7) is 6.10. The molecule has 0 aromatic heterocycles. The number of carboxylic acids is 2. The van der Waals surface area contributed by atoms with Crippen LogP contribution in [-0.4, -0.2) is 34.2 Å². The number of nitrogens with one attached hydrogen (secondary N) is 1. The van der Waals surface area contributed by atoms with E-state index in [2.05, 4.69) is 5.32 Å². The molecule has 1 atom stereocenters. The first-order valence-corrected chi connectivity index (χ1v) is 4.92. The van der Waals surface area contributed by atoms with Gasteiger partial charge in [0.05, 0.1) is 5.92 Å². The number of carbonyl (C=O) groups is 2. The van der Waals surface area contributed by atoms with E-state index in [9.17, 15) is 9.59 Å². The van der Waals surface area contributed by atoms with Crippen LogP contribution >= 0.6 is 0 Å². The third kappa shape index (κ3) is 7.93. The summed E-state index contributed by atoms with van der Waals surface area (Å²) in [5.74, 6) is -2.55. The van der Waals surface area contributed by atoms with E-state index in [1.807, 2.05) is 20.8 Å². The molecular formula is C10H19NO4. The molecule has 0 aromatic rings. The molecule has 0 aliphatic rings. The number of carboxylic acid groups (broad SMARTS) is 2. The van der Waals surface area contributed by atoms with Crippen molar-refractivity contribution >= 4 is 11.9 Å². The average Bonchev–Trinajstić information content (AvgIpc) is 2.00. The van der Waals surface area contributed by atoms with E-state index >= 15 is 0 Å². The topological polar surface area (TPSA) is 86.6 Å². The fourth-order valence-electron chi connectivity index (χ4n) is 1.04. The van der Waals surface area contributed by atoms with Crippen molar-refractivity contribution in [3.05, 3.63) is 0 Å². The second kappa shape index (κ2) is 5.70. The van der Waals surface area contributed by atoms with Crippen molar-refractivity contribution in [3.8, 4) is 0 Å². The van der Waals surface area contributed by atoms with Gasteiger partial charge in [0.15, 0.2) is 0 Å². The summed E-state index contributed by atoms with van der Waals surface area (Å²) in [5.41, 5.74) is -0.156. The molecule has 88 valence electrons. The molecule has 15 heavy (non-hydrogen) atoms. The third-order valence-corrected chi connectivity index (χ3v) is 1.93. The molecule has 0 rings (SSSR count). The second-order valence-electron chi connectivity index (χ2n) is 4.60. The Morgan fingerprint density at radius 3 is 2.13 bits per heavy atom. The number of rotatable bonds is 6. The standard InChI is InChI=1S/C10H19NO4/c1-10(2,3)11-6-7(9(14)15)4-5-8(12)13/h7,11H,4-6H2,1-3H3,(H,12,13)(H,14,15). The smallest absolute Gasteiger partial charge is 0.307 e. The van der Waals surface area contributed by atoms with Gasteiger partial charge in [-0.15, -0.1) is 0 Å². The van der Waals surface area contributed by atoms with Crippen molar-refractivity contribution in [2.75, 3.05) is 6.54 Å². The average molecular weight is 217 g/mol. The van der Waals surface area contributed by atoms with Crippen molar-refractivity contribution in [2.24, 2.45) is 5.92 Å². The summed E-state index contributed by atoms with van der Waals surface area (Å²) in [7, 11) is 0. The molecule has 0 radical (unpaired) electrons. The molecule has 0 bridgehead atoms. The molecule has 0 aliphatic heterocycles. The van der Waals surface area contributed by atoms with Crippen LogP contribution in [0, 0.1) is 5.92 Å². The maximum absolute atomic E-state index is 10.8. The van der Waals surface area contributed by atoms with Crippen LogP contribution in [0.2, 0.25) is 0 Å². The SMILES string of the molecule is CC(C)(C)NCC(CCC(=O)O)C(=O)O. The lowest BCUT2D eigenvalue weighted by Gasteiger charge is -2.23. The zero-order valence-electron chi connectivity index (χ0n) is 9.41. The lowest BCUT2D eigenvalue weighted by molar-refractivity contribution is -0.142. The van der Waals surface area contributed by atoms with E-state index in [0.717, 1.165) is 0 Å². The zero-order valence-corrected chi connectivity index (χ0v) is 9.41. The minimum Gasteiger partial charge on any atom is -0.481 e. The Morgan fingerprint density at radius 1 is 1.27 bits per heavy atom. The minimum absolute atomic E-state index is 0.108. The van der Waals surface area contributed by atoms with Crippen LogP contribution in [0.15, 0.2) is 0 Å². The van der Waals surface area contributed by atoms with Gasteiger partial charge in [-0.05, 0) is 27.2 Å². The van der Waals surface area contributed by atoms with Crippen molar-refractivity contribution < 1.29 is 19.8 Å². The first kappa shape index (κ1) is 13.9. The fraction of sp³-hybridized carbons (Fsp3) is 0.800. The second-order valence-corrected chi connectivity index (χ2v) is 4.60. The number of hydrogen-bond donors (Lipinski definition) is 3. The van der Waals surface area contributed by atoms with Crippen LogP contribution < -0.4 is 5.32 Å². The molecule has 0 heterocycles. The fourth-order valence-corrected chi connectivity index (χ4v) is 1.04. The Labute approximate surface area is 89.5 Å². The molecule has 0 spiro atoms. The van der Waals surface area contributed by atoms with E-state index < -0.39 is 17.9 Å². The van der Waals surface area contributed by atoms with Crippen LogP contribution in [0.3, 0.4) is 0 Å². The molecule has 0 saturated heterocycles. The van der Waals surface area contributed by atoms with Crippen LogP contribution in [0.4, 0.5) is 0 Å². The van der Waals surface area contributed by atoms with E-state index in [-0.39, 0.29) is 18.4 Å². The maximum atomic E-state index is 10.8. The molecule has 0 aromatic carbocycles. The van der Waals surface area contributed by atoms with E-state index in [1.54, 1.807) is 0 Å². The Bertz CT molecular complexity index is 232. The Balaban J connectivity index is 4.06.